The van der Waals surface area contributed by atoms with Crippen LogP contribution in [0.5, 0.6) is 0 Å². The van der Waals surface area contributed by atoms with Crippen LogP contribution >= 0.6 is 0 Å². The molecule has 0 saturated heterocycles. The van der Waals surface area contributed by atoms with Crippen LogP contribution in [0.4, 0.5) is 4.79 Å². The van der Waals surface area contributed by atoms with Gasteiger partial charge in [-0.15, -0.1) is 0 Å². The van der Waals surface area contributed by atoms with E-state index in [0.29, 0.717) is 5.92 Å². The third kappa shape index (κ3) is 2.48. The molecular weight excluding hydrogens is 206 g/mol. The van der Waals surface area contributed by atoms with Crippen molar-refractivity contribution < 1.29 is 14.6 Å². The van der Waals surface area contributed by atoms with Gasteiger partial charge in [-0.05, 0) is 46.0 Å². The first-order valence-electron chi connectivity index (χ1n) is 6.03. The lowest BCUT2D eigenvalue weighted by molar-refractivity contribution is 0.0420. The van der Waals surface area contributed by atoms with Gasteiger partial charge in [0.05, 0.1) is 6.10 Å². The van der Waals surface area contributed by atoms with Gasteiger partial charge in [0.15, 0.2) is 0 Å². The average molecular weight is 227 g/mol. The highest BCUT2D eigenvalue weighted by molar-refractivity contribution is 5.68. The molecule has 4 heteroatoms. The van der Waals surface area contributed by atoms with Crippen LogP contribution in [0.3, 0.4) is 0 Å². The van der Waals surface area contributed by atoms with Crippen molar-refractivity contribution in [2.75, 3.05) is 0 Å². The van der Waals surface area contributed by atoms with E-state index in [1.54, 1.807) is 0 Å². The maximum Gasteiger partial charge on any atom is 0.407 e. The normalized spacial score (nSPS) is 37.5. The van der Waals surface area contributed by atoms with Crippen molar-refractivity contribution >= 4 is 6.09 Å². The monoisotopic (exact) mass is 227 g/mol. The van der Waals surface area contributed by atoms with Gasteiger partial charge in [0.25, 0.3) is 0 Å². The highest BCUT2D eigenvalue weighted by atomic mass is 16.6. The number of rotatable bonds is 1. The van der Waals surface area contributed by atoms with E-state index in [-0.39, 0.29) is 24.2 Å². The van der Waals surface area contributed by atoms with Crippen LogP contribution in [-0.4, -0.2) is 28.9 Å². The molecule has 2 aliphatic rings. The van der Waals surface area contributed by atoms with E-state index >= 15 is 0 Å². The quantitative estimate of drug-likeness (QED) is 0.716. The number of fused-ring (bicyclic) bond motifs is 2. The van der Waals surface area contributed by atoms with Crippen LogP contribution in [0.15, 0.2) is 0 Å². The Morgan fingerprint density at radius 2 is 2.00 bits per heavy atom. The number of alkyl carbamates (subject to hydrolysis) is 1. The van der Waals surface area contributed by atoms with Crippen molar-refractivity contribution in [3.05, 3.63) is 0 Å². The second-order valence-corrected chi connectivity index (χ2v) is 6.06. The summed E-state index contributed by atoms with van der Waals surface area (Å²) in [7, 11) is 0. The number of ether oxygens (including phenoxy) is 1. The largest absolute Gasteiger partial charge is 0.444 e. The average Bonchev–Trinajstić information content (AvgIpc) is 2.57. The third-order valence-electron chi connectivity index (χ3n) is 3.48. The van der Waals surface area contributed by atoms with Crippen molar-refractivity contribution in [3.63, 3.8) is 0 Å². The molecule has 92 valence electrons. The molecule has 0 radical (unpaired) electrons. The standard InChI is InChI=1S/C12H21NO3/c1-12(2,3)16-11(15)13-9-5-7-4-8(9)10(14)6-7/h7-10,14H,4-6H2,1-3H3,(H,13,15)/t7-,8+,9-,10-/m1/s1. The van der Waals surface area contributed by atoms with Crippen LogP contribution in [0.1, 0.15) is 40.0 Å². The fourth-order valence-corrected chi connectivity index (χ4v) is 2.94. The lowest BCUT2D eigenvalue weighted by Gasteiger charge is -2.28. The molecule has 4 atom stereocenters. The second kappa shape index (κ2) is 3.91. The van der Waals surface area contributed by atoms with Crippen LogP contribution in [0.25, 0.3) is 0 Å². The van der Waals surface area contributed by atoms with E-state index in [9.17, 15) is 9.90 Å². The van der Waals surface area contributed by atoms with Gasteiger partial charge in [-0.1, -0.05) is 0 Å². The first-order chi connectivity index (χ1) is 7.35. The summed E-state index contributed by atoms with van der Waals surface area (Å²) in [6.07, 6.45) is 2.33. The lowest BCUT2D eigenvalue weighted by atomic mass is 9.93. The van der Waals surface area contributed by atoms with Crippen molar-refractivity contribution in [2.45, 2.75) is 57.8 Å². The Labute approximate surface area is 96.4 Å². The molecule has 0 aromatic heterocycles. The fourth-order valence-electron chi connectivity index (χ4n) is 2.94. The third-order valence-corrected chi connectivity index (χ3v) is 3.48. The summed E-state index contributed by atoms with van der Waals surface area (Å²) in [6, 6.07) is 0.101. The van der Waals surface area contributed by atoms with E-state index in [1.165, 1.54) is 0 Å². The first-order valence-corrected chi connectivity index (χ1v) is 6.03. The number of amides is 1. The van der Waals surface area contributed by atoms with Crippen molar-refractivity contribution in [1.29, 1.82) is 0 Å². The minimum atomic E-state index is -0.458. The number of hydrogen-bond acceptors (Lipinski definition) is 3. The van der Waals surface area contributed by atoms with E-state index in [0.717, 1.165) is 19.3 Å². The SMILES string of the molecule is CC(C)(C)OC(=O)N[C@@H]1C[C@H]2C[C@@H]1[C@H](O)C2. The highest BCUT2D eigenvalue weighted by Gasteiger charge is 2.46. The van der Waals surface area contributed by atoms with Crippen molar-refractivity contribution in [2.24, 2.45) is 11.8 Å². The van der Waals surface area contributed by atoms with Crippen molar-refractivity contribution in [3.8, 4) is 0 Å². The summed E-state index contributed by atoms with van der Waals surface area (Å²) in [5, 5.41) is 12.6. The summed E-state index contributed by atoms with van der Waals surface area (Å²) in [6.45, 7) is 5.55. The number of aliphatic hydroxyl groups is 1. The summed E-state index contributed by atoms with van der Waals surface area (Å²) < 4.78 is 5.21. The lowest BCUT2D eigenvalue weighted by Crippen LogP contribution is -2.44. The van der Waals surface area contributed by atoms with E-state index in [4.69, 9.17) is 4.74 Å². The molecular formula is C12H21NO3. The topological polar surface area (TPSA) is 58.6 Å². The van der Waals surface area contributed by atoms with Gasteiger partial charge >= 0.3 is 6.09 Å². The Bertz CT molecular complexity index is 284. The summed E-state index contributed by atoms with van der Waals surface area (Å²) in [4.78, 5) is 11.6. The zero-order chi connectivity index (χ0) is 11.9. The fraction of sp³-hybridized carbons (Fsp3) is 0.917. The number of hydrogen-bond donors (Lipinski definition) is 2. The molecule has 0 spiro atoms. The van der Waals surface area contributed by atoms with Gasteiger partial charge in [0.1, 0.15) is 5.60 Å². The van der Waals surface area contributed by atoms with E-state index < -0.39 is 5.60 Å². The highest BCUT2D eigenvalue weighted by Crippen LogP contribution is 2.44. The van der Waals surface area contributed by atoms with Crippen LogP contribution in [0.2, 0.25) is 0 Å². The van der Waals surface area contributed by atoms with Gasteiger partial charge in [-0.3, -0.25) is 0 Å². The molecule has 0 aliphatic heterocycles. The second-order valence-electron chi connectivity index (χ2n) is 6.06. The Morgan fingerprint density at radius 1 is 1.31 bits per heavy atom. The molecule has 0 heterocycles. The van der Waals surface area contributed by atoms with E-state index in [2.05, 4.69) is 5.32 Å². The Balaban J connectivity index is 1.85. The van der Waals surface area contributed by atoms with Crippen LogP contribution in [0, 0.1) is 11.8 Å². The first kappa shape index (κ1) is 11.7. The molecule has 0 unspecified atom stereocenters. The number of carbonyl (C=O) groups is 1. The molecule has 2 fully saturated rings. The Kier molecular flexibility index (Phi) is 2.86. The maximum absolute atomic E-state index is 11.6. The Hall–Kier alpha value is -0.770. The number of nitrogens with one attached hydrogen (secondary N) is 1. The van der Waals surface area contributed by atoms with Crippen LogP contribution < -0.4 is 5.32 Å². The van der Waals surface area contributed by atoms with Gasteiger partial charge < -0.3 is 15.2 Å². The molecule has 0 aromatic carbocycles. The van der Waals surface area contributed by atoms with Gasteiger partial charge in [0, 0.05) is 12.0 Å². The number of aliphatic hydroxyl groups excluding tert-OH is 1. The Morgan fingerprint density at radius 3 is 2.50 bits per heavy atom. The molecule has 2 bridgehead atoms. The molecule has 4 nitrogen and oxygen atoms in total. The number of carbonyl (C=O) groups excluding carboxylic acids is 1. The predicted molar refractivity (Wildman–Crippen MR) is 60.0 cm³/mol. The zero-order valence-corrected chi connectivity index (χ0v) is 10.2. The molecule has 2 rings (SSSR count). The summed E-state index contributed by atoms with van der Waals surface area (Å²) >= 11 is 0. The van der Waals surface area contributed by atoms with Gasteiger partial charge in [-0.2, -0.15) is 0 Å². The zero-order valence-electron chi connectivity index (χ0n) is 10.2. The van der Waals surface area contributed by atoms with E-state index in [1.807, 2.05) is 20.8 Å². The van der Waals surface area contributed by atoms with Gasteiger partial charge in [-0.25, -0.2) is 4.79 Å². The van der Waals surface area contributed by atoms with Crippen LogP contribution in [-0.2, 0) is 4.74 Å². The summed E-state index contributed by atoms with van der Waals surface area (Å²) in [5.74, 6) is 0.817. The summed E-state index contributed by atoms with van der Waals surface area (Å²) in [5.41, 5.74) is -0.458. The van der Waals surface area contributed by atoms with Crippen molar-refractivity contribution in [1.82, 2.24) is 5.32 Å². The molecule has 0 aromatic rings. The molecule has 16 heavy (non-hydrogen) atoms. The minimum Gasteiger partial charge on any atom is -0.444 e. The smallest absolute Gasteiger partial charge is 0.407 e. The molecule has 1 amide bonds. The maximum atomic E-state index is 11.6. The minimum absolute atomic E-state index is 0.101. The van der Waals surface area contributed by atoms with Gasteiger partial charge in [0.2, 0.25) is 0 Å². The predicted octanol–water partition coefficient (Wildman–Crippen LogP) is 1.67. The molecule has 2 N–H and O–H groups in total. The molecule has 2 aliphatic carbocycles. The molecule has 2 saturated carbocycles.